The van der Waals surface area contributed by atoms with Crippen LogP contribution in [0.4, 0.5) is 8.78 Å². The topological polar surface area (TPSA) is 12.0 Å². The molecule has 1 aliphatic carbocycles. The Morgan fingerprint density at radius 3 is 2.57 bits per heavy atom. The van der Waals surface area contributed by atoms with Gasteiger partial charge < -0.3 is 5.32 Å². The van der Waals surface area contributed by atoms with Crippen molar-refractivity contribution in [3.05, 3.63) is 0 Å². The van der Waals surface area contributed by atoms with E-state index in [-0.39, 0.29) is 6.42 Å². The third-order valence-electron chi connectivity index (χ3n) is 4.01. The van der Waals surface area contributed by atoms with E-state index >= 15 is 0 Å². The molecule has 1 nitrogen and oxygen atoms in total. The van der Waals surface area contributed by atoms with E-state index in [1.165, 1.54) is 0 Å². The van der Waals surface area contributed by atoms with Crippen LogP contribution in [0.1, 0.15) is 39.5 Å². The van der Waals surface area contributed by atoms with Crippen molar-refractivity contribution in [3.8, 4) is 0 Å². The van der Waals surface area contributed by atoms with Gasteiger partial charge in [-0.1, -0.05) is 6.92 Å². The molecule has 0 aromatic carbocycles. The number of hydrogen-bond acceptors (Lipinski definition) is 1. The van der Waals surface area contributed by atoms with Crippen LogP contribution in [0.2, 0.25) is 0 Å². The molecule has 1 saturated carbocycles. The second-order valence-electron chi connectivity index (χ2n) is 5.29. The van der Waals surface area contributed by atoms with Crippen molar-refractivity contribution in [2.24, 2.45) is 11.3 Å². The maximum absolute atomic E-state index is 13.0. The van der Waals surface area contributed by atoms with Crippen LogP contribution < -0.4 is 5.32 Å². The fraction of sp³-hybridized carbons (Fsp3) is 1.00. The monoisotopic (exact) mass is 203 g/mol. The number of hydrogen-bond donors (Lipinski definition) is 1. The molecule has 0 aromatic rings. The molecule has 14 heavy (non-hydrogen) atoms. The van der Waals surface area contributed by atoms with Crippen LogP contribution in [0.5, 0.6) is 0 Å². The summed E-state index contributed by atoms with van der Waals surface area (Å²) in [4.78, 5) is 0. The summed E-state index contributed by atoms with van der Waals surface area (Å²) >= 11 is 0. The Kier molecular flexibility index (Phi) is 2.33. The Morgan fingerprint density at radius 1 is 1.43 bits per heavy atom. The summed E-state index contributed by atoms with van der Waals surface area (Å²) in [6.45, 7) is 4.90. The zero-order valence-electron chi connectivity index (χ0n) is 8.95. The van der Waals surface area contributed by atoms with Gasteiger partial charge in [0.1, 0.15) is 0 Å². The first-order valence-electron chi connectivity index (χ1n) is 5.56. The highest BCUT2D eigenvalue weighted by molar-refractivity contribution is 5.08. The van der Waals surface area contributed by atoms with Crippen LogP contribution in [0.3, 0.4) is 0 Å². The zero-order chi connectivity index (χ0) is 10.4. The van der Waals surface area contributed by atoms with Crippen molar-refractivity contribution in [3.63, 3.8) is 0 Å². The van der Waals surface area contributed by atoms with Gasteiger partial charge in [0, 0.05) is 17.9 Å². The summed E-state index contributed by atoms with van der Waals surface area (Å²) < 4.78 is 26.1. The molecule has 3 heteroatoms. The molecule has 0 radical (unpaired) electrons. The van der Waals surface area contributed by atoms with Crippen molar-refractivity contribution in [2.75, 3.05) is 6.54 Å². The lowest BCUT2D eigenvalue weighted by molar-refractivity contribution is 0.0552. The van der Waals surface area contributed by atoms with E-state index in [0.29, 0.717) is 18.4 Å². The highest BCUT2D eigenvalue weighted by Gasteiger charge is 2.67. The number of piperidine rings is 1. The van der Waals surface area contributed by atoms with E-state index < -0.39 is 11.3 Å². The molecule has 0 spiro atoms. The minimum atomic E-state index is -2.38. The highest BCUT2D eigenvalue weighted by atomic mass is 19.3. The Bertz CT molecular complexity index is 229. The number of rotatable bonds is 2. The van der Waals surface area contributed by atoms with Crippen molar-refractivity contribution in [2.45, 2.75) is 51.5 Å². The predicted molar refractivity (Wildman–Crippen MR) is 52.5 cm³/mol. The smallest absolute Gasteiger partial charge is 0.254 e. The second-order valence-corrected chi connectivity index (χ2v) is 5.29. The lowest BCUT2D eigenvalue weighted by atomic mass is 9.83. The maximum Gasteiger partial charge on any atom is 0.254 e. The summed E-state index contributed by atoms with van der Waals surface area (Å²) in [5.74, 6) is -1.94. The molecule has 1 heterocycles. The van der Waals surface area contributed by atoms with Crippen molar-refractivity contribution in [1.82, 2.24) is 5.32 Å². The van der Waals surface area contributed by atoms with Crippen molar-refractivity contribution < 1.29 is 8.78 Å². The maximum atomic E-state index is 13.0. The first-order chi connectivity index (χ1) is 6.45. The zero-order valence-corrected chi connectivity index (χ0v) is 8.95. The van der Waals surface area contributed by atoms with E-state index in [1.54, 1.807) is 6.92 Å². The SMILES string of the molecule is CC1NCCCC1CC1(C)CC1(F)F. The van der Waals surface area contributed by atoms with Crippen molar-refractivity contribution in [1.29, 1.82) is 0 Å². The standard InChI is InChI=1S/C11H19F2N/c1-8-9(4-3-5-14-8)6-10(2)7-11(10,12)13/h8-9,14H,3-7H2,1-2H3. The molecule has 3 atom stereocenters. The van der Waals surface area contributed by atoms with Gasteiger partial charge in [0.05, 0.1) is 0 Å². The quantitative estimate of drug-likeness (QED) is 0.727. The molecule has 2 aliphatic rings. The molecule has 0 aromatic heterocycles. The Balaban J connectivity index is 1.91. The minimum absolute atomic E-state index is 0.100. The Morgan fingerprint density at radius 2 is 2.07 bits per heavy atom. The van der Waals surface area contributed by atoms with E-state index in [2.05, 4.69) is 12.2 Å². The molecule has 82 valence electrons. The van der Waals surface area contributed by atoms with Gasteiger partial charge in [-0.05, 0) is 38.6 Å². The normalized spacial score (nSPS) is 46.3. The largest absolute Gasteiger partial charge is 0.314 e. The van der Waals surface area contributed by atoms with Crippen LogP contribution in [-0.4, -0.2) is 18.5 Å². The first-order valence-corrected chi connectivity index (χ1v) is 5.56. The van der Waals surface area contributed by atoms with Crippen LogP contribution in [-0.2, 0) is 0 Å². The molecule has 1 N–H and O–H groups in total. The Hall–Kier alpha value is -0.180. The average Bonchev–Trinajstić information content (AvgIpc) is 2.56. The van der Waals surface area contributed by atoms with Gasteiger partial charge in [-0.2, -0.15) is 0 Å². The average molecular weight is 203 g/mol. The van der Waals surface area contributed by atoms with E-state index in [1.807, 2.05) is 0 Å². The van der Waals surface area contributed by atoms with Gasteiger partial charge in [-0.25, -0.2) is 8.78 Å². The molecule has 0 bridgehead atoms. The van der Waals surface area contributed by atoms with Gasteiger partial charge in [0.25, 0.3) is 5.92 Å². The summed E-state index contributed by atoms with van der Waals surface area (Å²) in [6, 6.07) is 0.414. The van der Waals surface area contributed by atoms with Crippen LogP contribution >= 0.6 is 0 Å². The Labute approximate surface area is 84.3 Å². The molecule has 1 aliphatic heterocycles. The van der Waals surface area contributed by atoms with E-state index in [4.69, 9.17) is 0 Å². The van der Waals surface area contributed by atoms with Crippen molar-refractivity contribution >= 4 is 0 Å². The number of nitrogens with one attached hydrogen (secondary N) is 1. The number of halogens is 2. The molecule has 2 fully saturated rings. The van der Waals surface area contributed by atoms with E-state index in [0.717, 1.165) is 19.4 Å². The van der Waals surface area contributed by atoms with Crippen LogP contribution in [0.25, 0.3) is 0 Å². The van der Waals surface area contributed by atoms with Gasteiger partial charge in [-0.3, -0.25) is 0 Å². The molecule has 2 rings (SSSR count). The summed E-state index contributed by atoms with van der Waals surface area (Å²) in [6.07, 6.45) is 3.04. The lowest BCUT2D eigenvalue weighted by Crippen LogP contribution is -2.40. The third kappa shape index (κ3) is 1.67. The van der Waals surface area contributed by atoms with Gasteiger partial charge in [0.15, 0.2) is 0 Å². The number of alkyl halides is 2. The predicted octanol–water partition coefficient (Wildman–Crippen LogP) is 2.81. The first kappa shape index (κ1) is 10.3. The fourth-order valence-corrected chi connectivity index (χ4v) is 2.64. The second kappa shape index (κ2) is 3.16. The summed E-state index contributed by atoms with van der Waals surface area (Å²) in [7, 11) is 0. The third-order valence-corrected chi connectivity index (χ3v) is 4.01. The van der Waals surface area contributed by atoms with E-state index in [9.17, 15) is 8.78 Å². The van der Waals surface area contributed by atoms with Gasteiger partial charge in [0.2, 0.25) is 0 Å². The highest BCUT2D eigenvalue weighted by Crippen LogP contribution is 2.63. The molecular weight excluding hydrogens is 184 g/mol. The summed E-state index contributed by atoms with van der Waals surface area (Å²) in [5.41, 5.74) is -0.690. The fourth-order valence-electron chi connectivity index (χ4n) is 2.64. The van der Waals surface area contributed by atoms with Crippen LogP contribution in [0.15, 0.2) is 0 Å². The molecule has 3 unspecified atom stereocenters. The molecule has 0 amide bonds. The van der Waals surface area contributed by atoms with Crippen LogP contribution in [0, 0.1) is 11.3 Å². The minimum Gasteiger partial charge on any atom is -0.314 e. The molecular formula is C11H19F2N. The lowest BCUT2D eigenvalue weighted by Gasteiger charge is -2.32. The summed E-state index contributed by atoms with van der Waals surface area (Å²) in [5, 5.41) is 3.36. The van der Waals surface area contributed by atoms with Gasteiger partial charge >= 0.3 is 0 Å². The van der Waals surface area contributed by atoms with Gasteiger partial charge in [-0.15, -0.1) is 0 Å². The molecule has 1 saturated heterocycles.